The number of rotatable bonds is 8. The van der Waals surface area contributed by atoms with Crippen molar-refractivity contribution in [2.24, 2.45) is 0 Å². The lowest BCUT2D eigenvalue weighted by Crippen LogP contribution is -2.49. The number of carbonyl (C=O) groups excluding carboxylic acids is 2. The first-order chi connectivity index (χ1) is 22.4. The average Bonchev–Trinajstić information content (AvgIpc) is 3.39. The molecule has 3 aromatic heterocycles. The maximum atomic E-state index is 14.3. The topological polar surface area (TPSA) is 155 Å². The summed E-state index contributed by atoms with van der Waals surface area (Å²) in [6.45, 7) is 11.1. The number of alkyl carbamates (subject to hydrolysis) is 1. The number of hydrogen-bond acceptors (Lipinski definition) is 10. The largest absolute Gasteiger partial charge is 0.465 e. The molecule has 1 aliphatic rings. The van der Waals surface area contributed by atoms with Crippen LogP contribution in [0.4, 0.5) is 10.7 Å². The number of aromatic nitrogens is 6. The maximum Gasteiger partial charge on any atom is 0.407 e. The van der Waals surface area contributed by atoms with E-state index < -0.39 is 35.5 Å². The Kier molecular flexibility index (Phi) is 9.64. The number of carbonyl (C=O) groups is 2. The van der Waals surface area contributed by atoms with E-state index in [1.807, 2.05) is 36.1 Å². The van der Waals surface area contributed by atoms with Crippen LogP contribution in [0.5, 0.6) is 0 Å². The van der Waals surface area contributed by atoms with E-state index in [4.69, 9.17) is 14.5 Å². The molecule has 4 heterocycles. The van der Waals surface area contributed by atoms with E-state index in [2.05, 4.69) is 27.1 Å². The van der Waals surface area contributed by atoms with E-state index in [0.717, 1.165) is 27.4 Å². The van der Waals surface area contributed by atoms with Crippen LogP contribution in [0.25, 0.3) is 22.1 Å². The van der Waals surface area contributed by atoms with Crippen molar-refractivity contribution >= 4 is 40.1 Å². The van der Waals surface area contributed by atoms with Crippen LogP contribution >= 0.6 is 0 Å². The van der Waals surface area contributed by atoms with Gasteiger partial charge in [-0.25, -0.2) is 19.6 Å². The van der Waals surface area contributed by atoms with Gasteiger partial charge in [-0.1, -0.05) is 24.1 Å². The number of esters is 1. The Bertz CT molecular complexity index is 2010. The van der Waals surface area contributed by atoms with E-state index in [9.17, 15) is 19.2 Å². The Balaban J connectivity index is 1.64. The summed E-state index contributed by atoms with van der Waals surface area (Å²) in [7, 11) is 0. The van der Waals surface area contributed by atoms with E-state index in [1.165, 1.54) is 0 Å². The van der Waals surface area contributed by atoms with Crippen LogP contribution in [-0.4, -0.2) is 72.1 Å². The molecule has 0 spiro atoms. The van der Waals surface area contributed by atoms with Crippen LogP contribution < -0.4 is 21.5 Å². The highest BCUT2D eigenvalue weighted by atomic mass is 16.6. The third-order valence-electron chi connectivity index (χ3n) is 7.67. The number of anilines is 1. The molecule has 5 rings (SSSR count). The van der Waals surface area contributed by atoms with Gasteiger partial charge in [0.2, 0.25) is 5.95 Å². The number of amides is 1. The number of benzene rings is 1. The molecule has 1 N–H and O–H groups in total. The van der Waals surface area contributed by atoms with Crippen LogP contribution in [-0.2, 0) is 33.9 Å². The molecule has 1 saturated heterocycles. The van der Waals surface area contributed by atoms with Gasteiger partial charge in [0.1, 0.15) is 18.0 Å². The summed E-state index contributed by atoms with van der Waals surface area (Å²) in [5.41, 5.74) is -0.480. The second kappa shape index (κ2) is 13.7. The van der Waals surface area contributed by atoms with Crippen LogP contribution in [0, 0.1) is 18.8 Å². The summed E-state index contributed by atoms with van der Waals surface area (Å²) < 4.78 is 14.5. The number of ether oxygens (including phenoxy) is 2. The maximum absolute atomic E-state index is 14.3. The van der Waals surface area contributed by atoms with Gasteiger partial charge in [0.25, 0.3) is 5.56 Å². The smallest absolute Gasteiger partial charge is 0.407 e. The fraction of sp³-hybridized carbons (Fsp3) is 0.485. The molecular weight excluding hydrogens is 604 g/mol. The molecular formula is C33H40N8O6. The van der Waals surface area contributed by atoms with Crippen molar-refractivity contribution in [3.05, 3.63) is 56.6 Å². The zero-order valence-electron chi connectivity index (χ0n) is 27.6. The molecule has 0 bridgehead atoms. The van der Waals surface area contributed by atoms with E-state index in [-0.39, 0.29) is 42.7 Å². The Morgan fingerprint density at radius 2 is 1.85 bits per heavy atom. The molecule has 1 amide bonds. The standard InChI is InChI=1S/C33H40N8O6/c1-7-9-17-39-27-28(37-30(39)38-16-12-13-22(18-38)35-31(44)47-33(4,5)6)40(20-26(42)46-8-2)32(45)41(29(27)43)19-25-34-21(3)23-14-10-11-15-24(23)36-25/h10-11,14-15,22H,8,12-13,16-20H2,1-6H3,(H,35,44)/t22-/m1/s1. The van der Waals surface area contributed by atoms with Crippen molar-refractivity contribution in [3.63, 3.8) is 0 Å². The van der Waals surface area contributed by atoms with Gasteiger partial charge < -0.3 is 19.7 Å². The van der Waals surface area contributed by atoms with Gasteiger partial charge in [0.15, 0.2) is 11.2 Å². The molecule has 1 atom stereocenters. The molecule has 47 heavy (non-hydrogen) atoms. The average molecular weight is 645 g/mol. The van der Waals surface area contributed by atoms with Gasteiger partial charge >= 0.3 is 17.8 Å². The number of aryl methyl sites for hydroxylation is 1. The van der Waals surface area contributed by atoms with Crippen molar-refractivity contribution in [2.75, 3.05) is 24.6 Å². The molecule has 14 nitrogen and oxygen atoms in total. The number of piperidine rings is 1. The van der Waals surface area contributed by atoms with E-state index in [0.29, 0.717) is 30.2 Å². The molecule has 1 aliphatic heterocycles. The molecule has 4 aromatic rings. The van der Waals surface area contributed by atoms with Gasteiger partial charge in [-0.3, -0.25) is 23.3 Å². The summed E-state index contributed by atoms with van der Waals surface area (Å²) in [5.74, 6) is 5.90. The molecule has 1 fully saturated rings. The van der Waals surface area contributed by atoms with E-state index in [1.54, 1.807) is 39.2 Å². The number of nitrogens with one attached hydrogen (secondary N) is 1. The number of fused-ring (bicyclic) bond motifs is 2. The summed E-state index contributed by atoms with van der Waals surface area (Å²) in [5, 5.41) is 3.79. The highest BCUT2D eigenvalue weighted by Crippen LogP contribution is 2.24. The summed E-state index contributed by atoms with van der Waals surface area (Å²) in [4.78, 5) is 69.5. The normalized spacial score (nSPS) is 14.9. The molecule has 0 unspecified atom stereocenters. The molecule has 248 valence electrons. The van der Waals surface area contributed by atoms with Crippen LogP contribution in [0.3, 0.4) is 0 Å². The van der Waals surface area contributed by atoms with Gasteiger partial charge in [-0.15, -0.1) is 5.92 Å². The minimum atomic E-state index is -0.745. The number of imidazole rings is 1. The molecule has 14 heteroatoms. The fourth-order valence-electron chi connectivity index (χ4n) is 5.70. The van der Waals surface area contributed by atoms with Crippen LogP contribution in [0.1, 0.15) is 59.0 Å². The number of para-hydroxylation sites is 1. The van der Waals surface area contributed by atoms with Crippen molar-refractivity contribution in [3.8, 4) is 11.8 Å². The first kappa shape index (κ1) is 33.2. The highest BCUT2D eigenvalue weighted by molar-refractivity contribution is 5.80. The first-order valence-electron chi connectivity index (χ1n) is 15.7. The van der Waals surface area contributed by atoms with Gasteiger partial charge in [-0.2, -0.15) is 4.98 Å². The molecule has 0 radical (unpaired) electrons. The first-order valence-corrected chi connectivity index (χ1v) is 15.7. The monoisotopic (exact) mass is 644 g/mol. The lowest BCUT2D eigenvalue weighted by atomic mass is 10.1. The Labute approximate surface area is 271 Å². The van der Waals surface area contributed by atoms with Crippen molar-refractivity contribution in [2.45, 2.75) is 85.7 Å². The predicted octanol–water partition coefficient (Wildman–Crippen LogP) is 2.74. The van der Waals surface area contributed by atoms with Gasteiger partial charge in [0.05, 0.1) is 25.2 Å². The van der Waals surface area contributed by atoms with Gasteiger partial charge in [-0.05, 0) is 60.5 Å². The number of hydrogen-bond donors (Lipinski definition) is 1. The third kappa shape index (κ3) is 7.29. The molecule has 0 aliphatic carbocycles. The summed E-state index contributed by atoms with van der Waals surface area (Å²) in [6.07, 6.45) is 0.921. The lowest BCUT2D eigenvalue weighted by molar-refractivity contribution is -0.143. The SMILES string of the molecule is CC#CCn1c(N2CCC[C@@H](NC(=O)OC(C)(C)C)C2)nc2c1c(=O)n(Cc1nc(C)c3ccccc3n1)c(=O)n2CC(=O)OCC. The number of nitrogens with zero attached hydrogens (tertiary/aromatic N) is 7. The van der Waals surface area contributed by atoms with E-state index >= 15 is 0 Å². The quantitative estimate of drug-likeness (QED) is 0.224. The van der Waals surface area contributed by atoms with Crippen molar-refractivity contribution in [1.29, 1.82) is 0 Å². The summed E-state index contributed by atoms with van der Waals surface area (Å²) in [6, 6.07) is 7.23. The Hall–Kier alpha value is -5.19. The summed E-state index contributed by atoms with van der Waals surface area (Å²) >= 11 is 0. The Morgan fingerprint density at radius 3 is 2.57 bits per heavy atom. The van der Waals surface area contributed by atoms with Crippen molar-refractivity contribution < 1.29 is 19.1 Å². The van der Waals surface area contributed by atoms with Gasteiger partial charge in [0, 0.05) is 30.2 Å². The minimum Gasteiger partial charge on any atom is -0.465 e. The fourth-order valence-corrected chi connectivity index (χ4v) is 5.70. The third-order valence-corrected chi connectivity index (χ3v) is 7.67. The second-order valence-electron chi connectivity index (χ2n) is 12.3. The van der Waals surface area contributed by atoms with Crippen LogP contribution in [0.15, 0.2) is 33.9 Å². The van der Waals surface area contributed by atoms with Crippen LogP contribution in [0.2, 0.25) is 0 Å². The zero-order valence-corrected chi connectivity index (χ0v) is 27.6. The lowest BCUT2D eigenvalue weighted by Gasteiger charge is -2.34. The molecule has 1 aromatic carbocycles. The minimum absolute atomic E-state index is 0.0371. The Morgan fingerprint density at radius 1 is 1.09 bits per heavy atom. The zero-order chi connectivity index (χ0) is 33.9. The highest BCUT2D eigenvalue weighted by Gasteiger charge is 2.30. The second-order valence-corrected chi connectivity index (χ2v) is 12.3. The van der Waals surface area contributed by atoms with Crippen molar-refractivity contribution in [1.82, 2.24) is 34.0 Å². The predicted molar refractivity (Wildman–Crippen MR) is 176 cm³/mol. The molecule has 0 saturated carbocycles.